The summed E-state index contributed by atoms with van der Waals surface area (Å²) in [6, 6.07) is 14.0. The van der Waals surface area contributed by atoms with Crippen molar-refractivity contribution in [3.05, 3.63) is 53.6 Å². The highest BCUT2D eigenvalue weighted by Gasteiger charge is 2.27. The predicted octanol–water partition coefficient (Wildman–Crippen LogP) is 5.15. The van der Waals surface area contributed by atoms with Gasteiger partial charge in [-0.1, -0.05) is 29.0 Å². The molecular weight excluding hydrogens is 376 g/mol. The van der Waals surface area contributed by atoms with Crippen LogP contribution in [0.2, 0.25) is 0 Å². The summed E-state index contributed by atoms with van der Waals surface area (Å²) in [5, 5.41) is 0.740. The molecule has 0 N–H and O–H groups in total. The monoisotopic (exact) mass is 398 g/mol. The number of aryl methyl sites for hydroxylation is 1. The summed E-state index contributed by atoms with van der Waals surface area (Å²) in [5.41, 5.74) is 2.76. The first-order valence-corrected chi connectivity index (χ1v) is 11.1. The summed E-state index contributed by atoms with van der Waals surface area (Å²) in [4.78, 5) is 21.0. The van der Waals surface area contributed by atoms with Crippen molar-refractivity contribution in [2.45, 2.75) is 30.8 Å². The second-order valence-corrected chi connectivity index (χ2v) is 8.64. The van der Waals surface area contributed by atoms with Crippen LogP contribution in [0.15, 0.2) is 47.4 Å². The van der Waals surface area contributed by atoms with E-state index in [9.17, 15) is 4.79 Å². The van der Waals surface area contributed by atoms with Gasteiger partial charge in [-0.15, -0.1) is 11.8 Å². The van der Waals surface area contributed by atoms with Crippen molar-refractivity contribution >= 4 is 44.4 Å². The summed E-state index contributed by atoms with van der Waals surface area (Å²) in [7, 11) is 0. The number of amides is 1. The van der Waals surface area contributed by atoms with E-state index in [1.165, 1.54) is 4.90 Å². The first kappa shape index (κ1) is 18.5. The van der Waals surface area contributed by atoms with Crippen molar-refractivity contribution in [2.24, 2.45) is 0 Å². The van der Waals surface area contributed by atoms with Gasteiger partial charge in [-0.25, -0.2) is 4.98 Å². The molecule has 1 atom stereocenters. The Morgan fingerprint density at radius 3 is 2.81 bits per heavy atom. The molecule has 0 radical (unpaired) electrons. The summed E-state index contributed by atoms with van der Waals surface area (Å²) in [6.45, 7) is 3.34. The Labute approximate surface area is 167 Å². The molecule has 2 aromatic carbocycles. The van der Waals surface area contributed by atoms with Gasteiger partial charge in [0.25, 0.3) is 5.91 Å². The average Bonchev–Trinajstić information content (AvgIpc) is 3.34. The molecule has 0 aliphatic carbocycles. The number of carbonyl (C=O) groups is 1. The standard InChI is InChI=1S/C21H22N2O2S2/c1-14-5-7-15(8-6-14)20(24)23(13-16-4-3-11-25-16)21-22-18-10-9-17(26-2)12-19(18)27-21/h5-10,12,16H,3-4,11,13H2,1-2H3/t16-/m0/s1. The van der Waals surface area contributed by atoms with Crippen LogP contribution in [0.3, 0.4) is 0 Å². The maximum Gasteiger partial charge on any atom is 0.260 e. The normalized spacial score (nSPS) is 16.7. The lowest BCUT2D eigenvalue weighted by molar-refractivity contribution is 0.0917. The Kier molecular flexibility index (Phi) is 5.48. The van der Waals surface area contributed by atoms with E-state index in [0.717, 1.165) is 40.4 Å². The fraction of sp³-hybridized carbons (Fsp3) is 0.333. The lowest BCUT2D eigenvalue weighted by Crippen LogP contribution is -2.37. The van der Waals surface area contributed by atoms with E-state index in [1.807, 2.05) is 37.3 Å². The van der Waals surface area contributed by atoms with E-state index in [0.29, 0.717) is 12.1 Å². The van der Waals surface area contributed by atoms with E-state index >= 15 is 0 Å². The Bertz CT molecular complexity index is 946. The number of hydrogen-bond acceptors (Lipinski definition) is 5. The summed E-state index contributed by atoms with van der Waals surface area (Å²) in [6.07, 6.45) is 4.18. The topological polar surface area (TPSA) is 42.4 Å². The minimum Gasteiger partial charge on any atom is -0.376 e. The van der Waals surface area contributed by atoms with Crippen molar-refractivity contribution < 1.29 is 9.53 Å². The molecule has 6 heteroatoms. The number of aromatic nitrogens is 1. The van der Waals surface area contributed by atoms with E-state index in [4.69, 9.17) is 9.72 Å². The fourth-order valence-electron chi connectivity index (χ4n) is 3.23. The third kappa shape index (κ3) is 4.03. The summed E-state index contributed by atoms with van der Waals surface area (Å²) < 4.78 is 6.90. The molecule has 2 heterocycles. The lowest BCUT2D eigenvalue weighted by atomic mass is 10.1. The number of benzene rings is 2. The number of hydrogen-bond donors (Lipinski definition) is 0. The number of rotatable bonds is 5. The highest BCUT2D eigenvalue weighted by atomic mass is 32.2. The first-order chi connectivity index (χ1) is 13.1. The fourth-order valence-corrected chi connectivity index (χ4v) is 4.75. The Hall–Kier alpha value is -1.89. The van der Waals surface area contributed by atoms with Crippen LogP contribution in [0.4, 0.5) is 5.13 Å². The first-order valence-electron chi connectivity index (χ1n) is 9.09. The molecule has 140 valence electrons. The summed E-state index contributed by atoms with van der Waals surface area (Å²) in [5.74, 6) is -0.0188. The smallest absolute Gasteiger partial charge is 0.260 e. The van der Waals surface area contributed by atoms with E-state index in [-0.39, 0.29) is 12.0 Å². The average molecular weight is 399 g/mol. The van der Waals surface area contributed by atoms with Crippen LogP contribution in [0.25, 0.3) is 10.2 Å². The number of ether oxygens (including phenoxy) is 1. The van der Waals surface area contributed by atoms with E-state index in [1.54, 1.807) is 28.0 Å². The SMILES string of the molecule is CSc1ccc2nc(N(C[C@@H]3CCCO3)C(=O)c3ccc(C)cc3)sc2c1. The molecule has 0 bridgehead atoms. The van der Waals surface area contributed by atoms with Crippen molar-refractivity contribution in [3.8, 4) is 0 Å². The van der Waals surface area contributed by atoms with Crippen LogP contribution in [0, 0.1) is 6.92 Å². The quantitative estimate of drug-likeness (QED) is 0.557. The van der Waals surface area contributed by atoms with Crippen LogP contribution < -0.4 is 4.90 Å². The molecule has 1 aliphatic rings. The highest BCUT2D eigenvalue weighted by molar-refractivity contribution is 7.98. The van der Waals surface area contributed by atoms with Gasteiger partial charge in [-0.05, 0) is 56.4 Å². The molecule has 4 nitrogen and oxygen atoms in total. The van der Waals surface area contributed by atoms with Crippen LogP contribution in [-0.2, 0) is 4.74 Å². The zero-order valence-electron chi connectivity index (χ0n) is 15.5. The molecule has 1 amide bonds. The van der Waals surface area contributed by atoms with Crippen LogP contribution in [-0.4, -0.2) is 36.4 Å². The van der Waals surface area contributed by atoms with E-state index < -0.39 is 0 Å². The summed E-state index contributed by atoms with van der Waals surface area (Å²) >= 11 is 3.28. The van der Waals surface area contributed by atoms with Crippen molar-refractivity contribution in [2.75, 3.05) is 24.3 Å². The van der Waals surface area contributed by atoms with Crippen LogP contribution in [0.5, 0.6) is 0 Å². The molecule has 0 unspecified atom stereocenters. The van der Waals surface area contributed by atoms with Crippen LogP contribution in [0.1, 0.15) is 28.8 Å². The highest BCUT2D eigenvalue weighted by Crippen LogP contribution is 2.33. The molecular formula is C21H22N2O2S2. The second kappa shape index (κ2) is 8.00. The molecule has 0 saturated carbocycles. The molecule has 1 aliphatic heterocycles. The Morgan fingerprint density at radius 1 is 1.30 bits per heavy atom. The minimum absolute atomic E-state index is 0.0188. The maximum absolute atomic E-state index is 13.3. The van der Waals surface area contributed by atoms with Gasteiger partial charge in [0.2, 0.25) is 0 Å². The Morgan fingerprint density at radius 2 is 2.11 bits per heavy atom. The third-order valence-corrected chi connectivity index (χ3v) is 6.54. The maximum atomic E-state index is 13.3. The molecule has 27 heavy (non-hydrogen) atoms. The Balaban J connectivity index is 1.70. The molecule has 4 rings (SSSR count). The van der Waals surface area contributed by atoms with Crippen LogP contribution >= 0.6 is 23.1 Å². The molecule has 1 fully saturated rings. The zero-order valence-corrected chi connectivity index (χ0v) is 17.1. The predicted molar refractivity (Wildman–Crippen MR) is 113 cm³/mol. The largest absolute Gasteiger partial charge is 0.376 e. The van der Waals surface area contributed by atoms with Crippen molar-refractivity contribution in [1.29, 1.82) is 0 Å². The van der Waals surface area contributed by atoms with Crippen molar-refractivity contribution in [3.63, 3.8) is 0 Å². The molecule has 0 spiro atoms. The lowest BCUT2D eigenvalue weighted by Gasteiger charge is -2.23. The van der Waals surface area contributed by atoms with Gasteiger partial charge in [0, 0.05) is 17.1 Å². The number of thiazole rings is 1. The number of thioether (sulfide) groups is 1. The molecule has 3 aromatic rings. The van der Waals surface area contributed by atoms with E-state index in [2.05, 4.69) is 18.4 Å². The number of anilines is 1. The molecule has 1 saturated heterocycles. The van der Waals surface area contributed by atoms with Gasteiger partial charge in [-0.2, -0.15) is 0 Å². The van der Waals surface area contributed by atoms with Gasteiger partial charge >= 0.3 is 0 Å². The van der Waals surface area contributed by atoms with Gasteiger partial charge in [0.05, 0.1) is 22.9 Å². The van der Waals surface area contributed by atoms with Gasteiger partial charge in [-0.3, -0.25) is 9.69 Å². The number of carbonyl (C=O) groups excluding carboxylic acids is 1. The van der Waals surface area contributed by atoms with Crippen molar-refractivity contribution in [1.82, 2.24) is 4.98 Å². The number of nitrogens with zero attached hydrogens (tertiary/aromatic N) is 2. The third-order valence-electron chi connectivity index (χ3n) is 4.77. The molecule has 1 aromatic heterocycles. The minimum atomic E-state index is -0.0188. The van der Waals surface area contributed by atoms with Gasteiger partial charge in [0.1, 0.15) is 0 Å². The second-order valence-electron chi connectivity index (χ2n) is 6.75. The van der Waals surface area contributed by atoms with Gasteiger partial charge < -0.3 is 4.74 Å². The number of fused-ring (bicyclic) bond motifs is 1. The van der Waals surface area contributed by atoms with Gasteiger partial charge in [0.15, 0.2) is 5.13 Å². The zero-order chi connectivity index (χ0) is 18.8.